The summed E-state index contributed by atoms with van der Waals surface area (Å²) in [6, 6.07) is 1.10. The Labute approximate surface area is 147 Å². The minimum absolute atomic E-state index is 0.549. The molecule has 22 heavy (non-hydrogen) atoms. The summed E-state index contributed by atoms with van der Waals surface area (Å²) in [7, 11) is 8.72. The van der Waals surface area contributed by atoms with Crippen molar-refractivity contribution in [3.8, 4) is 0 Å². The van der Waals surface area contributed by atoms with Crippen molar-refractivity contribution in [2.24, 2.45) is 0 Å². The summed E-state index contributed by atoms with van der Waals surface area (Å²) in [5.41, 5.74) is 3.22. The predicted molar refractivity (Wildman–Crippen MR) is 99.8 cm³/mol. The van der Waals surface area contributed by atoms with Crippen LogP contribution in [0.25, 0.3) is 0 Å². The molecule has 2 aliphatic carbocycles. The van der Waals surface area contributed by atoms with E-state index in [0.29, 0.717) is 48.0 Å². The van der Waals surface area contributed by atoms with Crippen LogP contribution in [0.4, 0.5) is 0 Å². The van der Waals surface area contributed by atoms with Gasteiger partial charge in [-0.2, -0.15) is 0 Å². The van der Waals surface area contributed by atoms with Crippen molar-refractivity contribution in [3.05, 3.63) is 47.6 Å². The third-order valence-corrected chi connectivity index (χ3v) is 13.2. The molecule has 2 rings (SSSR count). The molecule has 0 aliphatic heterocycles. The Morgan fingerprint density at radius 3 is 1.45 bits per heavy atom. The first-order chi connectivity index (χ1) is 10.4. The first-order valence-corrected chi connectivity index (χ1v) is 14.1. The van der Waals surface area contributed by atoms with Crippen LogP contribution in [0.15, 0.2) is 47.6 Å². The average molecular weight is 430 g/mol. The fraction of sp³-hybridized carbons (Fsp3) is 0.556. The fourth-order valence-electron chi connectivity index (χ4n) is 2.59. The van der Waals surface area contributed by atoms with Crippen molar-refractivity contribution < 1.29 is 0 Å². The monoisotopic (exact) mass is 432 g/mol. The third-order valence-electron chi connectivity index (χ3n) is 4.58. The summed E-state index contributed by atoms with van der Waals surface area (Å²) in [5, 5.41) is 0. The van der Waals surface area contributed by atoms with Gasteiger partial charge in [0.25, 0.3) is 0 Å². The number of hydrogen-bond acceptors (Lipinski definition) is 2. The van der Waals surface area contributed by atoms with E-state index in [0.717, 1.165) is 0 Å². The summed E-state index contributed by atoms with van der Waals surface area (Å²) in [6.45, 7) is 4.65. The molecule has 4 atom stereocenters. The molecule has 0 amide bonds. The van der Waals surface area contributed by atoms with E-state index in [4.69, 9.17) is 0 Å². The Balaban J connectivity index is 1.93. The van der Waals surface area contributed by atoms with E-state index in [-0.39, 0.29) is 0 Å². The molecule has 0 spiro atoms. The van der Waals surface area contributed by atoms with Gasteiger partial charge in [0, 0.05) is 0 Å². The summed E-state index contributed by atoms with van der Waals surface area (Å²) >= 11 is 1.36. The maximum absolute atomic E-state index is 2.43. The van der Waals surface area contributed by atoms with Crippen molar-refractivity contribution >= 4 is 26.3 Å². The van der Waals surface area contributed by atoms with Crippen LogP contribution in [-0.4, -0.2) is 76.3 Å². The van der Waals surface area contributed by atoms with E-state index in [2.05, 4.69) is 88.3 Å². The average Bonchev–Trinajstić information content (AvgIpc) is 3.11. The van der Waals surface area contributed by atoms with E-state index < -0.39 is 0 Å². The van der Waals surface area contributed by atoms with Gasteiger partial charge in [0.05, 0.1) is 0 Å². The molecular formula is C18H28N2Se2. The Hall–Kier alpha value is -0.0810. The SMILES string of the molecule is C[C@H](C1=CC=CC1[Se][Se]C1C=CC=C1[C@@H](C)N(C)C)N(C)C. The van der Waals surface area contributed by atoms with Crippen LogP contribution in [0.3, 0.4) is 0 Å². The molecule has 4 heteroatoms. The maximum atomic E-state index is 2.43. The topological polar surface area (TPSA) is 6.48 Å². The fourth-order valence-corrected chi connectivity index (χ4v) is 11.8. The van der Waals surface area contributed by atoms with Crippen LogP contribution in [0.2, 0.25) is 9.63 Å². The van der Waals surface area contributed by atoms with Crippen LogP contribution in [0, 0.1) is 0 Å². The van der Waals surface area contributed by atoms with Crippen molar-refractivity contribution in [2.45, 2.75) is 35.6 Å². The molecule has 122 valence electrons. The van der Waals surface area contributed by atoms with Crippen LogP contribution in [-0.2, 0) is 0 Å². The molecule has 0 aromatic carbocycles. The molecule has 2 nitrogen and oxygen atoms in total. The normalized spacial score (nSPS) is 26.7. The number of hydrogen-bond donors (Lipinski definition) is 0. The second-order valence-electron chi connectivity index (χ2n) is 6.42. The molecule has 0 aromatic rings. The minimum atomic E-state index is 0.549. The van der Waals surface area contributed by atoms with Gasteiger partial charge in [-0.3, -0.25) is 0 Å². The molecule has 0 aromatic heterocycles. The molecule has 0 saturated carbocycles. The Morgan fingerprint density at radius 1 is 0.773 bits per heavy atom. The molecule has 0 radical (unpaired) electrons. The molecular weight excluding hydrogens is 402 g/mol. The summed E-state index contributed by atoms with van der Waals surface area (Å²) in [6.07, 6.45) is 14.1. The zero-order valence-corrected chi connectivity index (χ0v) is 17.9. The van der Waals surface area contributed by atoms with Crippen LogP contribution < -0.4 is 0 Å². The van der Waals surface area contributed by atoms with E-state index in [1.807, 2.05) is 0 Å². The zero-order chi connectivity index (χ0) is 16.3. The Kier molecular flexibility index (Phi) is 6.76. The number of nitrogens with zero attached hydrogens (tertiary/aromatic N) is 2. The summed E-state index contributed by atoms with van der Waals surface area (Å²) in [5.74, 6) is 0. The second kappa shape index (κ2) is 8.15. The van der Waals surface area contributed by atoms with E-state index in [1.54, 1.807) is 11.1 Å². The zero-order valence-electron chi connectivity index (χ0n) is 14.5. The van der Waals surface area contributed by atoms with Gasteiger partial charge in [-0.25, -0.2) is 0 Å². The van der Waals surface area contributed by atoms with Gasteiger partial charge in [-0.15, -0.1) is 0 Å². The van der Waals surface area contributed by atoms with Crippen molar-refractivity contribution in [3.63, 3.8) is 0 Å². The van der Waals surface area contributed by atoms with E-state index in [1.165, 1.54) is 0 Å². The molecule has 2 aliphatic rings. The molecule has 0 fully saturated rings. The standard InChI is InChI=1S/C18H28N2Se2/c1-13(19(3)4)15-9-7-11-17(15)21-22-18-12-8-10-16(18)14(2)20(5)6/h7-14,17-18H,1-6H3/t13-,14-,17?,18?/m1/s1. The predicted octanol–water partition coefficient (Wildman–Crippen LogP) is 2.78. The van der Waals surface area contributed by atoms with E-state index in [9.17, 15) is 0 Å². The van der Waals surface area contributed by atoms with Crippen molar-refractivity contribution in [1.82, 2.24) is 9.80 Å². The first kappa shape index (κ1) is 18.3. The van der Waals surface area contributed by atoms with Gasteiger partial charge >= 0.3 is 147 Å². The van der Waals surface area contributed by atoms with Crippen LogP contribution in [0.5, 0.6) is 0 Å². The van der Waals surface area contributed by atoms with Gasteiger partial charge in [0.1, 0.15) is 0 Å². The Morgan fingerprint density at radius 2 is 1.14 bits per heavy atom. The quantitative estimate of drug-likeness (QED) is 0.574. The summed E-state index contributed by atoms with van der Waals surface area (Å²) in [4.78, 5) is 6.05. The number of likely N-dealkylation sites (N-methyl/N-ethyl adjacent to an activating group) is 2. The van der Waals surface area contributed by atoms with Gasteiger partial charge < -0.3 is 0 Å². The number of rotatable bonds is 7. The van der Waals surface area contributed by atoms with Gasteiger partial charge in [-0.05, 0) is 0 Å². The molecule has 2 unspecified atom stereocenters. The summed E-state index contributed by atoms with van der Waals surface area (Å²) < 4.78 is 0. The molecule has 0 saturated heterocycles. The molecule has 0 N–H and O–H groups in total. The van der Waals surface area contributed by atoms with Crippen molar-refractivity contribution in [2.75, 3.05) is 28.2 Å². The Bertz CT molecular complexity index is 457. The molecule has 0 heterocycles. The number of allylic oxidation sites excluding steroid dienone is 6. The second-order valence-corrected chi connectivity index (χ2v) is 13.6. The van der Waals surface area contributed by atoms with Crippen molar-refractivity contribution in [1.29, 1.82) is 0 Å². The van der Waals surface area contributed by atoms with E-state index >= 15 is 0 Å². The van der Waals surface area contributed by atoms with Crippen LogP contribution in [0.1, 0.15) is 13.8 Å². The van der Waals surface area contributed by atoms with Gasteiger partial charge in [0.2, 0.25) is 0 Å². The van der Waals surface area contributed by atoms with Gasteiger partial charge in [-0.1, -0.05) is 0 Å². The van der Waals surface area contributed by atoms with Gasteiger partial charge in [0.15, 0.2) is 0 Å². The first-order valence-electron chi connectivity index (χ1n) is 7.83. The third kappa shape index (κ3) is 4.26. The van der Waals surface area contributed by atoms with Crippen LogP contribution >= 0.6 is 0 Å². The molecule has 0 bridgehead atoms.